The van der Waals surface area contributed by atoms with Gasteiger partial charge in [-0.15, -0.1) is 11.3 Å². The van der Waals surface area contributed by atoms with Crippen molar-refractivity contribution in [3.63, 3.8) is 0 Å². The van der Waals surface area contributed by atoms with Gasteiger partial charge in [0.25, 0.3) is 5.91 Å². The molecule has 3 aromatic rings. The largest absolute Gasteiger partial charge is 0.322 e. The van der Waals surface area contributed by atoms with E-state index in [4.69, 9.17) is 11.6 Å². The van der Waals surface area contributed by atoms with Crippen molar-refractivity contribution < 1.29 is 4.79 Å². The highest BCUT2D eigenvalue weighted by Gasteiger charge is 2.09. The lowest BCUT2D eigenvalue weighted by molar-refractivity contribution is 0.102. The lowest BCUT2D eigenvalue weighted by atomic mass is 10.2. The van der Waals surface area contributed by atoms with Crippen molar-refractivity contribution in [3.8, 4) is 0 Å². The van der Waals surface area contributed by atoms with Gasteiger partial charge in [-0.3, -0.25) is 4.79 Å². The van der Waals surface area contributed by atoms with Crippen LogP contribution in [0.5, 0.6) is 0 Å². The van der Waals surface area contributed by atoms with Crippen LogP contribution in [0.3, 0.4) is 0 Å². The summed E-state index contributed by atoms with van der Waals surface area (Å²) in [6.45, 7) is 1.81. The SMILES string of the molecule is Cc1cc(C(=O)Nc2ccc3sccc3c2)cc(Cl)n1. The normalized spacial score (nSPS) is 10.7. The van der Waals surface area contributed by atoms with Gasteiger partial charge in [0.2, 0.25) is 0 Å². The van der Waals surface area contributed by atoms with E-state index >= 15 is 0 Å². The molecule has 1 amide bonds. The van der Waals surface area contributed by atoms with Crippen molar-refractivity contribution in [2.24, 2.45) is 0 Å². The third-order valence-electron chi connectivity index (χ3n) is 2.89. The van der Waals surface area contributed by atoms with Crippen LogP contribution < -0.4 is 5.32 Å². The van der Waals surface area contributed by atoms with Crippen molar-refractivity contribution in [3.05, 3.63) is 58.2 Å². The molecule has 5 heteroatoms. The van der Waals surface area contributed by atoms with E-state index in [-0.39, 0.29) is 5.91 Å². The van der Waals surface area contributed by atoms with Gasteiger partial charge < -0.3 is 5.32 Å². The van der Waals surface area contributed by atoms with Gasteiger partial charge in [-0.05, 0) is 54.1 Å². The predicted octanol–water partition coefficient (Wildman–Crippen LogP) is 4.51. The number of carbonyl (C=O) groups excluding carboxylic acids is 1. The van der Waals surface area contributed by atoms with Gasteiger partial charge in [-0.2, -0.15) is 0 Å². The first kappa shape index (κ1) is 13.1. The Balaban J connectivity index is 1.87. The van der Waals surface area contributed by atoms with Gasteiger partial charge in [0.15, 0.2) is 0 Å². The van der Waals surface area contributed by atoms with Crippen LogP contribution in [0.2, 0.25) is 5.15 Å². The van der Waals surface area contributed by atoms with Crippen LogP contribution in [0.1, 0.15) is 16.1 Å². The maximum Gasteiger partial charge on any atom is 0.255 e. The zero-order chi connectivity index (χ0) is 14.1. The smallest absolute Gasteiger partial charge is 0.255 e. The second-order valence-corrected chi connectivity index (χ2v) is 5.78. The summed E-state index contributed by atoms with van der Waals surface area (Å²) in [6, 6.07) is 11.2. The van der Waals surface area contributed by atoms with Gasteiger partial charge in [-0.25, -0.2) is 4.98 Å². The Bertz CT molecular complexity index is 777. The Morgan fingerprint density at radius 2 is 2.10 bits per heavy atom. The molecule has 0 saturated heterocycles. The molecular formula is C15H11ClN2OS. The molecule has 3 nitrogen and oxygen atoms in total. The fourth-order valence-electron chi connectivity index (χ4n) is 2.01. The van der Waals surface area contributed by atoms with E-state index in [1.807, 2.05) is 29.6 Å². The molecule has 1 aromatic carbocycles. The molecule has 0 radical (unpaired) electrons. The number of rotatable bonds is 2. The minimum atomic E-state index is -0.188. The van der Waals surface area contributed by atoms with Crippen molar-refractivity contribution in [1.29, 1.82) is 0 Å². The Morgan fingerprint density at radius 1 is 1.25 bits per heavy atom. The van der Waals surface area contributed by atoms with Gasteiger partial charge >= 0.3 is 0 Å². The number of fused-ring (bicyclic) bond motifs is 1. The molecule has 0 aliphatic rings. The zero-order valence-corrected chi connectivity index (χ0v) is 12.3. The van der Waals surface area contributed by atoms with Crippen LogP contribution in [0, 0.1) is 6.92 Å². The summed E-state index contributed by atoms with van der Waals surface area (Å²) >= 11 is 7.55. The number of hydrogen-bond donors (Lipinski definition) is 1. The maximum atomic E-state index is 12.2. The molecule has 0 fully saturated rings. The highest BCUT2D eigenvalue weighted by atomic mass is 35.5. The number of carbonyl (C=O) groups is 1. The second kappa shape index (κ2) is 5.23. The minimum Gasteiger partial charge on any atom is -0.322 e. The number of amides is 1. The molecule has 0 bridgehead atoms. The third-order valence-corrected chi connectivity index (χ3v) is 3.99. The highest BCUT2D eigenvalue weighted by Crippen LogP contribution is 2.24. The van der Waals surface area contributed by atoms with Crippen molar-refractivity contribution in [2.75, 3.05) is 5.32 Å². The van der Waals surface area contributed by atoms with E-state index in [0.717, 1.165) is 16.8 Å². The number of aromatic nitrogens is 1. The lowest BCUT2D eigenvalue weighted by Gasteiger charge is -2.06. The van der Waals surface area contributed by atoms with Crippen LogP contribution in [-0.4, -0.2) is 10.9 Å². The molecule has 0 aliphatic heterocycles. The molecule has 0 atom stereocenters. The van der Waals surface area contributed by atoms with Crippen LogP contribution in [0.15, 0.2) is 41.8 Å². The van der Waals surface area contributed by atoms with Crippen LogP contribution in [0.25, 0.3) is 10.1 Å². The first-order chi connectivity index (χ1) is 9.61. The van der Waals surface area contributed by atoms with Crippen LogP contribution in [0.4, 0.5) is 5.69 Å². The topological polar surface area (TPSA) is 42.0 Å². The van der Waals surface area contributed by atoms with E-state index < -0.39 is 0 Å². The lowest BCUT2D eigenvalue weighted by Crippen LogP contribution is -2.12. The molecule has 20 heavy (non-hydrogen) atoms. The molecule has 0 saturated carbocycles. The Morgan fingerprint density at radius 3 is 2.90 bits per heavy atom. The summed E-state index contributed by atoms with van der Waals surface area (Å²) < 4.78 is 1.20. The Hall–Kier alpha value is -1.91. The van der Waals surface area contributed by atoms with Crippen molar-refractivity contribution in [1.82, 2.24) is 4.98 Å². The number of anilines is 1. The number of nitrogens with one attached hydrogen (secondary N) is 1. The maximum absolute atomic E-state index is 12.2. The minimum absolute atomic E-state index is 0.188. The molecular weight excluding hydrogens is 292 g/mol. The standard InChI is InChI=1S/C15H11ClN2OS/c1-9-6-11(8-14(16)17-9)15(19)18-12-2-3-13-10(7-12)4-5-20-13/h2-8H,1H3,(H,18,19). The molecule has 2 aromatic heterocycles. The Kier molecular flexibility index (Phi) is 3.42. The summed E-state index contributed by atoms with van der Waals surface area (Å²) in [5.41, 5.74) is 2.00. The summed E-state index contributed by atoms with van der Waals surface area (Å²) in [5.74, 6) is -0.188. The fraction of sp³-hybridized carbons (Fsp3) is 0.0667. The summed E-state index contributed by atoms with van der Waals surface area (Å²) in [6.07, 6.45) is 0. The van der Waals surface area contributed by atoms with E-state index in [1.54, 1.807) is 30.4 Å². The molecule has 100 valence electrons. The summed E-state index contributed by atoms with van der Waals surface area (Å²) in [5, 5.41) is 6.35. The van der Waals surface area contributed by atoms with E-state index in [2.05, 4.69) is 10.3 Å². The highest BCUT2D eigenvalue weighted by molar-refractivity contribution is 7.17. The number of hydrogen-bond acceptors (Lipinski definition) is 3. The van der Waals surface area contributed by atoms with Gasteiger partial charge in [0.05, 0.1) is 0 Å². The monoisotopic (exact) mass is 302 g/mol. The molecule has 3 rings (SSSR count). The molecule has 1 N–H and O–H groups in total. The number of benzene rings is 1. The van der Waals surface area contributed by atoms with E-state index in [0.29, 0.717) is 10.7 Å². The average molecular weight is 303 g/mol. The van der Waals surface area contributed by atoms with E-state index in [1.165, 1.54) is 4.70 Å². The zero-order valence-electron chi connectivity index (χ0n) is 10.7. The van der Waals surface area contributed by atoms with Crippen LogP contribution in [-0.2, 0) is 0 Å². The second-order valence-electron chi connectivity index (χ2n) is 4.45. The van der Waals surface area contributed by atoms with Gasteiger partial charge in [0, 0.05) is 21.6 Å². The first-order valence-corrected chi connectivity index (χ1v) is 7.30. The summed E-state index contributed by atoms with van der Waals surface area (Å²) in [7, 11) is 0. The van der Waals surface area contributed by atoms with Gasteiger partial charge in [-0.1, -0.05) is 11.6 Å². The van der Waals surface area contributed by atoms with Crippen molar-refractivity contribution in [2.45, 2.75) is 6.92 Å². The van der Waals surface area contributed by atoms with Gasteiger partial charge in [0.1, 0.15) is 5.15 Å². The number of halogens is 1. The van der Waals surface area contributed by atoms with Crippen molar-refractivity contribution >= 4 is 44.6 Å². The number of thiophene rings is 1. The average Bonchev–Trinajstić information content (AvgIpc) is 2.85. The molecule has 0 aliphatic carbocycles. The first-order valence-electron chi connectivity index (χ1n) is 6.04. The third kappa shape index (κ3) is 2.66. The number of nitrogens with zero attached hydrogens (tertiary/aromatic N) is 1. The number of aryl methyl sites for hydroxylation is 1. The Labute approximate surface area is 125 Å². The quantitative estimate of drug-likeness (QED) is 0.708. The molecule has 0 unspecified atom stereocenters. The number of pyridine rings is 1. The molecule has 2 heterocycles. The fourth-order valence-corrected chi connectivity index (χ4v) is 3.03. The van der Waals surface area contributed by atoms with Crippen LogP contribution >= 0.6 is 22.9 Å². The molecule has 0 spiro atoms. The predicted molar refractivity (Wildman–Crippen MR) is 83.8 cm³/mol. The summed E-state index contributed by atoms with van der Waals surface area (Å²) in [4.78, 5) is 16.2. The van der Waals surface area contributed by atoms with E-state index in [9.17, 15) is 4.79 Å².